The van der Waals surface area contributed by atoms with E-state index in [2.05, 4.69) is 20.6 Å². The molecule has 0 aliphatic carbocycles. The van der Waals surface area contributed by atoms with E-state index in [4.69, 9.17) is 9.15 Å². The first kappa shape index (κ1) is 17.5. The molecule has 0 aliphatic heterocycles. The Bertz CT molecular complexity index is 1120. The van der Waals surface area contributed by atoms with Crippen LogP contribution in [0.2, 0.25) is 0 Å². The van der Waals surface area contributed by atoms with Crippen molar-refractivity contribution in [3.05, 3.63) is 71.9 Å². The van der Waals surface area contributed by atoms with Crippen LogP contribution in [-0.4, -0.2) is 25.9 Å². The number of hydrogen-bond acceptors (Lipinski definition) is 6. The lowest BCUT2D eigenvalue weighted by molar-refractivity contribution is 0.102. The van der Waals surface area contributed by atoms with Crippen LogP contribution in [0.3, 0.4) is 0 Å². The summed E-state index contributed by atoms with van der Waals surface area (Å²) in [5.41, 5.74) is 1.91. The second kappa shape index (κ2) is 7.36. The zero-order valence-electron chi connectivity index (χ0n) is 15.3. The molecule has 0 atom stereocenters. The molecule has 0 spiro atoms. The van der Waals surface area contributed by atoms with E-state index in [1.807, 2.05) is 43.3 Å². The number of anilines is 1. The Labute approximate surface area is 160 Å². The lowest BCUT2D eigenvalue weighted by Gasteiger charge is -2.07. The van der Waals surface area contributed by atoms with E-state index in [1.54, 1.807) is 36.0 Å². The Morgan fingerprint density at radius 1 is 1.04 bits per heavy atom. The van der Waals surface area contributed by atoms with E-state index in [0.29, 0.717) is 22.8 Å². The minimum Gasteiger partial charge on any atom is -0.457 e. The van der Waals surface area contributed by atoms with Crippen molar-refractivity contribution in [3.63, 3.8) is 0 Å². The van der Waals surface area contributed by atoms with E-state index in [9.17, 15) is 4.79 Å². The summed E-state index contributed by atoms with van der Waals surface area (Å²) in [7, 11) is 1.78. The molecule has 140 valence electrons. The van der Waals surface area contributed by atoms with Gasteiger partial charge in [-0.2, -0.15) is 5.10 Å². The van der Waals surface area contributed by atoms with Gasteiger partial charge in [-0.1, -0.05) is 29.4 Å². The maximum atomic E-state index is 12.5. The maximum Gasteiger partial charge on any atom is 0.322 e. The summed E-state index contributed by atoms with van der Waals surface area (Å²) >= 11 is 0. The summed E-state index contributed by atoms with van der Waals surface area (Å²) in [6.45, 7) is 1.87. The zero-order chi connectivity index (χ0) is 19.5. The molecule has 0 unspecified atom stereocenters. The van der Waals surface area contributed by atoms with Crippen molar-refractivity contribution >= 4 is 11.9 Å². The van der Waals surface area contributed by atoms with Crippen molar-refractivity contribution in [2.45, 2.75) is 6.92 Å². The summed E-state index contributed by atoms with van der Waals surface area (Å²) in [5.74, 6) is 1.14. The highest BCUT2D eigenvalue weighted by Crippen LogP contribution is 2.23. The largest absolute Gasteiger partial charge is 0.457 e. The summed E-state index contributed by atoms with van der Waals surface area (Å²) in [4.78, 5) is 12.5. The Balaban J connectivity index is 1.48. The molecule has 4 rings (SSSR count). The quantitative estimate of drug-likeness (QED) is 0.570. The lowest BCUT2D eigenvalue weighted by atomic mass is 10.2. The third-order valence-electron chi connectivity index (χ3n) is 3.94. The van der Waals surface area contributed by atoms with Crippen molar-refractivity contribution in [2.75, 3.05) is 5.32 Å². The van der Waals surface area contributed by atoms with Gasteiger partial charge in [0.15, 0.2) is 0 Å². The minimum atomic E-state index is -0.380. The number of amides is 1. The summed E-state index contributed by atoms with van der Waals surface area (Å²) < 4.78 is 12.9. The van der Waals surface area contributed by atoms with Crippen LogP contribution in [0.1, 0.15) is 16.1 Å². The van der Waals surface area contributed by atoms with E-state index in [-0.39, 0.29) is 17.8 Å². The molecule has 1 amide bonds. The predicted octanol–water partition coefficient (Wildman–Crippen LogP) is 3.82. The van der Waals surface area contributed by atoms with Crippen molar-refractivity contribution in [2.24, 2.45) is 7.05 Å². The monoisotopic (exact) mass is 375 g/mol. The molecule has 8 nitrogen and oxygen atoms in total. The van der Waals surface area contributed by atoms with Crippen LogP contribution in [0.4, 0.5) is 6.01 Å². The highest BCUT2D eigenvalue weighted by molar-refractivity contribution is 6.03. The van der Waals surface area contributed by atoms with Crippen LogP contribution in [0.5, 0.6) is 11.5 Å². The molecule has 2 heterocycles. The molecule has 0 fully saturated rings. The fourth-order valence-electron chi connectivity index (χ4n) is 2.68. The standard InChI is InChI=1S/C20H17N5O3/c1-13-11-17(25(2)24-13)19-22-23-20(28-19)21-18(26)14-7-6-10-16(12-14)27-15-8-4-3-5-9-15/h3-12H,1-2H3,(H,21,23,26). The summed E-state index contributed by atoms with van der Waals surface area (Å²) in [6.07, 6.45) is 0. The van der Waals surface area contributed by atoms with Gasteiger partial charge in [0.1, 0.15) is 17.2 Å². The molecule has 1 N–H and O–H groups in total. The number of rotatable bonds is 5. The molecule has 0 saturated carbocycles. The molecule has 28 heavy (non-hydrogen) atoms. The molecule has 0 aliphatic rings. The third kappa shape index (κ3) is 3.75. The average Bonchev–Trinajstić information content (AvgIpc) is 3.28. The SMILES string of the molecule is Cc1cc(-c2nnc(NC(=O)c3cccc(Oc4ccccc4)c3)o2)n(C)n1. The third-order valence-corrected chi connectivity index (χ3v) is 3.94. The van der Waals surface area contributed by atoms with Gasteiger partial charge in [-0.25, -0.2) is 0 Å². The Kier molecular flexibility index (Phi) is 4.59. The molecule has 2 aromatic carbocycles. The van der Waals surface area contributed by atoms with Gasteiger partial charge in [-0.05, 0) is 43.3 Å². The number of nitrogens with zero attached hydrogens (tertiary/aromatic N) is 4. The Hall–Kier alpha value is -3.94. The molecule has 2 aromatic heterocycles. The molecular formula is C20H17N5O3. The molecule has 0 saturated heterocycles. The molecule has 0 radical (unpaired) electrons. The van der Waals surface area contributed by atoms with Gasteiger partial charge >= 0.3 is 6.01 Å². The van der Waals surface area contributed by atoms with Crippen LogP contribution in [0.15, 0.2) is 65.1 Å². The second-order valence-corrected chi connectivity index (χ2v) is 6.10. The van der Waals surface area contributed by atoms with Gasteiger partial charge in [0.2, 0.25) is 0 Å². The number of carbonyl (C=O) groups is 1. The van der Waals surface area contributed by atoms with E-state index < -0.39 is 0 Å². The minimum absolute atomic E-state index is 0.00762. The van der Waals surface area contributed by atoms with Crippen LogP contribution in [-0.2, 0) is 7.05 Å². The molecular weight excluding hydrogens is 358 g/mol. The first-order chi connectivity index (χ1) is 13.6. The number of carbonyl (C=O) groups excluding carboxylic acids is 1. The fraction of sp³-hybridized carbons (Fsp3) is 0.100. The molecule has 8 heteroatoms. The summed E-state index contributed by atoms with van der Waals surface area (Å²) in [5, 5.41) is 14.7. The normalized spacial score (nSPS) is 10.6. The lowest BCUT2D eigenvalue weighted by Crippen LogP contribution is -2.12. The number of aromatic nitrogens is 4. The van der Waals surface area contributed by atoms with E-state index >= 15 is 0 Å². The van der Waals surface area contributed by atoms with Gasteiger partial charge in [0, 0.05) is 12.6 Å². The first-order valence-electron chi connectivity index (χ1n) is 8.57. The average molecular weight is 375 g/mol. The van der Waals surface area contributed by atoms with Gasteiger partial charge in [0.25, 0.3) is 11.8 Å². The van der Waals surface area contributed by atoms with Crippen LogP contribution in [0.25, 0.3) is 11.6 Å². The topological polar surface area (TPSA) is 95.1 Å². The zero-order valence-corrected chi connectivity index (χ0v) is 15.3. The summed E-state index contributed by atoms with van der Waals surface area (Å²) in [6, 6.07) is 18.0. The Morgan fingerprint density at radius 3 is 2.57 bits per heavy atom. The first-order valence-corrected chi connectivity index (χ1v) is 8.57. The van der Waals surface area contributed by atoms with Gasteiger partial charge in [0.05, 0.1) is 5.69 Å². The Morgan fingerprint density at radius 2 is 1.82 bits per heavy atom. The smallest absolute Gasteiger partial charge is 0.322 e. The number of hydrogen-bond donors (Lipinski definition) is 1. The van der Waals surface area contributed by atoms with Crippen molar-refractivity contribution < 1.29 is 13.9 Å². The van der Waals surface area contributed by atoms with E-state index in [0.717, 1.165) is 5.69 Å². The number of benzene rings is 2. The van der Waals surface area contributed by atoms with Crippen LogP contribution < -0.4 is 10.1 Å². The number of para-hydroxylation sites is 1. The highest BCUT2D eigenvalue weighted by atomic mass is 16.5. The van der Waals surface area contributed by atoms with E-state index in [1.165, 1.54) is 0 Å². The van der Waals surface area contributed by atoms with Crippen LogP contribution >= 0.6 is 0 Å². The number of aryl methyl sites for hydroxylation is 2. The van der Waals surface area contributed by atoms with Gasteiger partial charge in [-0.3, -0.25) is 14.8 Å². The molecule has 0 bridgehead atoms. The highest BCUT2D eigenvalue weighted by Gasteiger charge is 2.16. The second-order valence-electron chi connectivity index (χ2n) is 6.10. The number of nitrogens with one attached hydrogen (secondary N) is 1. The molecule has 4 aromatic rings. The van der Waals surface area contributed by atoms with Gasteiger partial charge < -0.3 is 9.15 Å². The van der Waals surface area contributed by atoms with Crippen LogP contribution in [0, 0.1) is 6.92 Å². The fourth-order valence-corrected chi connectivity index (χ4v) is 2.68. The van der Waals surface area contributed by atoms with Gasteiger partial charge in [-0.15, -0.1) is 5.10 Å². The predicted molar refractivity (Wildman–Crippen MR) is 102 cm³/mol. The van der Waals surface area contributed by atoms with Crippen molar-refractivity contribution in [3.8, 4) is 23.1 Å². The van der Waals surface area contributed by atoms with Crippen molar-refractivity contribution in [1.29, 1.82) is 0 Å². The number of ether oxygens (including phenoxy) is 1. The maximum absolute atomic E-state index is 12.5. The van der Waals surface area contributed by atoms with Crippen molar-refractivity contribution in [1.82, 2.24) is 20.0 Å².